The number of carbonyl (C=O) groups is 1. The van der Waals surface area contributed by atoms with Crippen LogP contribution in [0.2, 0.25) is 0 Å². The first kappa shape index (κ1) is 24.6. The van der Waals surface area contributed by atoms with Crippen molar-refractivity contribution in [2.75, 3.05) is 39.6 Å². The van der Waals surface area contributed by atoms with Crippen molar-refractivity contribution < 1.29 is 28.8 Å². The van der Waals surface area contributed by atoms with Crippen molar-refractivity contribution in [1.82, 2.24) is 0 Å². The summed E-state index contributed by atoms with van der Waals surface area (Å²) in [7, 11) is 0. The Labute approximate surface area is 204 Å². The topological polar surface area (TPSA) is 74.2 Å². The molecule has 2 saturated heterocycles. The Hall–Kier alpha value is -1.11. The summed E-state index contributed by atoms with van der Waals surface area (Å²) in [5.74, 6) is 1.14. The second-order valence-corrected chi connectivity index (χ2v) is 13.2. The molecule has 192 valence electrons. The van der Waals surface area contributed by atoms with E-state index in [1.54, 1.807) is 6.92 Å². The van der Waals surface area contributed by atoms with Crippen LogP contribution in [0.15, 0.2) is 11.3 Å². The van der Waals surface area contributed by atoms with E-state index in [0.717, 1.165) is 96.6 Å². The Kier molecular flexibility index (Phi) is 6.56. The first-order chi connectivity index (χ1) is 16.1. The lowest BCUT2D eigenvalue weighted by Gasteiger charge is -2.62. The third-order valence-electron chi connectivity index (χ3n) is 9.46. The molecule has 0 spiro atoms. The van der Waals surface area contributed by atoms with Crippen LogP contribution in [-0.4, -0.2) is 56.3 Å². The predicted octanol–water partition coefficient (Wildman–Crippen LogP) is 5.35. The van der Waals surface area contributed by atoms with Gasteiger partial charge in [0.15, 0.2) is 0 Å². The number of hydrogen-bond acceptors (Lipinski definition) is 5. The summed E-state index contributed by atoms with van der Waals surface area (Å²) in [4.78, 5) is 12.1. The normalized spacial score (nSPS) is 37.5. The second-order valence-electron chi connectivity index (χ2n) is 13.2. The van der Waals surface area contributed by atoms with E-state index in [2.05, 4.69) is 13.8 Å². The molecule has 34 heavy (non-hydrogen) atoms. The van der Waals surface area contributed by atoms with Gasteiger partial charge < -0.3 is 24.1 Å². The largest absolute Gasteiger partial charge is 0.497 e. The van der Waals surface area contributed by atoms with E-state index in [4.69, 9.17) is 18.9 Å². The third-order valence-corrected chi connectivity index (χ3v) is 9.46. The maximum atomic E-state index is 12.1. The van der Waals surface area contributed by atoms with Crippen LogP contribution in [0.1, 0.15) is 85.0 Å². The van der Waals surface area contributed by atoms with Gasteiger partial charge in [-0.25, -0.2) is 4.79 Å². The molecule has 0 aromatic carbocycles. The molecule has 0 amide bonds. The molecular weight excluding hydrogens is 432 g/mol. The molecule has 6 fully saturated rings. The number of hydrogen-bond donors (Lipinski definition) is 1. The maximum Gasteiger partial charge on any atom is 0.334 e. The minimum absolute atomic E-state index is 0.106. The zero-order chi connectivity index (χ0) is 24.0. The Morgan fingerprint density at radius 3 is 1.97 bits per heavy atom. The Bertz CT molecular complexity index is 794. The molecule has 2 atom stereocenters. The van der Waals surface area contributed by atoms with E-state index in [0.29, 0.717) is 29.4 Å². The van der Waals surface area contributed by atoms with Crippen molar-refractivity contribution in [3.05, 3.63) is 11.3 Å². The van der Waals surface area contributed by atoms with Gasteiger partial charge in [0.2, 0.25) is 0 Å². The fraction of sp³-hybridized carbons (Fsp3) is 0.893. The zero-order valence-electron chi connectivity index (χ0n) is 21.5. The average molecular weight is 477 g/mol. The lowest BCUT2D eigenvalue weighted by Crippen LogP contribution is -2.58. The highest BCUT2D eigenvalue weighted by molar-refractivity contribution is 5.86. The molecule has 1 N–H and O–H groups in total. The Balaban J connectivity index is 1.26. The lowest BCUT2D eigenvalue weighted by molar-refractivity contribution is -0.195. The summed E-state index contributed by atoms with van der Waals surface area (Å²) >= 11 is 0. The second kappa shape index (κ2) is 9.08. The van der Waals surface area contributed by atoms with Gasteiger partial charge in [-0.15, -0.1) is 0 Å². The van der Waals surface area contributed by atoms with Crippen LogP contribution in [0.5, 0.6) is 0 Å². The molecule has 4 saturated carbocycles. The molecule has 4 aliphatic carbocycles. The molecule has 2 aliphatic heterocycles. The summed E-state index contributed by atoms with van der Waals surface area (Å²) in [6.07, 6.45) is 10.7. The minimum Gasteiger partial charge on any atom is -0.497 e. The van der Waals surface area contributed by atoms with Crippen LogP contribution >= 0.6 is 0 Å². The number of allylic oxidation sites excluding steroid dienone is 1. The van der Waals surface area contributed by atoms with E-state index in [1.807, 2.05) is 0 Å². The van der Waals surface area contributed by atoms with Crippen molar-refractivity contribution in [2.45, 2.75) is 90.6 Å². The summed E-state index contributed by atoms with van der Waals surface area (Å²) in [5.41, 5.74) is 0.705. The van der Waals surface area contributed by atoms with E-state index < -0.39 is 5.97 Å². The van der Waals surface area contributed by atoms with Crippen molar-refractivity contribution in [2.24, 2.45) is 28.1 Å². The highest BCUT2D eigenvalue weighted by Gasteiger charge is 2.60. The van der Waals surface area contributed by atoms with Gasteiger partial charge in [0.1, 0.15) is 5.76 Å². The summed E-state index contributed by atoms with van der Waals surface area (Å²) < 4.78 is 24.0. The summed E-state index contributed by atoms with van der Waals surface area (Å²) in [6, 6.07) is 0. The van der Waals surface area contributed by atoms with Crippen molar-refractivity contribution >= 4 is 5.97 Å². The molecule has 6 heteroatoms. The average Bonchev–Trinajstić information content (AvgIpc) is 2.72. The van der Waals surface area contributed by atoms with Crippen molar-refractivity contribution in [3.8, 4) is 0 Å². The Morgan fingerprint density at radius 2 is 1.47 bits per heavy atom. The first-order valence-electron chi connectivity index (χ1n) is 13.5. The number of carboxylic acid groups (broad SMARTS) is 1. The quantitative estimate of drug-likeness (QED) is 0.232. The molecule has 6 rings (SSSR count). The van der Waals surface area contributed by atoms with Gasteiger partial charge in [-0.05, 0) is 83.0 Å². The molecular formula is C28H44O6. The van der Waals surface area contributed by atoms with Crippen molar-refractivity contribution in [3.63, 3.8) is 0 Å². The number of ether oxygens (including phenoxy) is 4. The molecule has 6 nitrogen and oxygen atoms in total. The lowest BCUT2D eigenvalue weighted by atomic mass is 9.47. The van der Waals surface area contributed by atoms with Gasteiger partial charge in [-0.3, -0.25) is 0 Å². The fourth-order valence-corrected chi connectivity index (χ4v) is 8.02. The third kappa shape index (κ3) is 4.79. The number of carboxylic acids is 1. The Morgan fingerprint density at radius 1 is 0.912 bits per heavy atom. The van der Waals surface area contributed by atoms with E-state index >= 15 is 0 Å². The van der Waals surface area contributed by atoms with Gasteiger partial charge in [-0.1, -0.05) is 13.8 Å². The standard InChI is InChI=1S/C28H44O6/c1-20(24(29)30)23(33-8-4-6-25(2)16-31-17-25)27-11-21-10-22(12-27)14-28(13-21,15-27)34-9-5-7-26(3)18-32-19-26/h21-22H,4-19H2,1-3H3,(H,29,30). The zero-order valence-corrected chi connectivity index (χ0v) is 21.5. The smallest absolute Gasteiger partial charge is 0.334 e. The molecule has 0 aromatic rings. The van der Waals surface area contributed by atoms with Crippen LogP contribution in [0.3, 0.4) is 0 Å². The van der Waals surface area contributed by atoms with Crippen LogP contribution < -0.4 is 0 Å². The fourth-order valence-electron chi connectivity index (χ4n) is 8.02. The minimum atomic E-state index is -0.851. The van der Waals surface area contributed by atoms with Gasteiger partial charge in [0.05, 0.1) is 44.2 Å². The first-order valence-corrected chi connectivity index (χ1v) is 13.5. The highest BCUT2D eigenvalue weighted by Crippen LogP contribution is 2.65. The van der Waals surface area contributed by atoms with Crippen LogP contribution in [-0.2, 0) is 23.7 Å². The SMILES string of the molecule is CC(C(=O)O)=C(OCCCC1(C)COC1)C12CC3CC(CC(OCCCC4(C)COC4)(C3)C1)C2. The highest BCUT2D eigenvalue weighted by atomic mass is 16.5. The molecule has 2 heterocycles. The maximum absolute atomic E-state index is 12.1. The molecule has 4 bridgehead atoms. The molecule has 0 radical (unpaired) electrons. The predicted molar refractivity (Wildman–Crippen MR) is 128 cm³/mol. The van der Waals surface area contributed by atoms with Gasteiger partial charge in [-0.2, -0.15) is 0 Å². The van der Waals surface area contributed by atoms with Gasteiger partial charge in [0.25, 0.3) is 0 Å². The summed E-state index contributed by atoms with van der Waals surface area (Å²) in [5, 5.41) is 9.93. The number of rotatable bonds is 12. The van der Waals surface area contributed by atoms with Gasteiger partial charge in [0, 0.05) is 22.9 Å². The van der Waals surface area contributed by atoms with Crippen LogP contribution in [0.4, 0.5) is 0 Å². The monoisotopic (exact) mass is 476 g/mol. The van der Waals surface area contributed by atoms with Crippen molar-refractivity contribution in [1.29, 1.82) is 0 Å². The van der Waals surface area contributed by atoms with E-state index in [1.165, 1.54) is 6.42 Å². The number of aliphatic carboxylic acids is 1. The van der Waals surface area contributed by atoms with Crippen LogP contribution in [0.25, 0.3) is 0 Å². The van der Waals surface area contributed by atoms with Gasteiger partial charge >= 0.3 is 5.97 Å². The van der Waals surface area contributed by atoms with Crippen LogP contribution in [0, 0.1) is 28.1 Å². The summed E-state index contributed by atoms with van der Waals surface area (Å²) in [6.45, 7) is 11.1. The molecule has 6 aliphatic rings. The van der Waals surface area contributed by atoms with E-state index in [-0.39, 0.29) is 16.4 Å². The molecule has 0 aromatic heterocycles. The van der Waals surface area contributed by atoms with E-state index in [9.17, 15) is 9.90 Å². The molecule has 2 unspecified atom stereocenters.